The van der Waals surface area contributed by atoms with E-state index in [1.807, 2.05) is 61.5 Å². The van der Waals surface area contributed by atoms with Gasteiger partial charge in [0, 0.05) is 20.2 Å². The molecule has 0 spiro atoms. The lowest BCUT2D eigenvalue weighted by molar-refractivity contribution is 0.243. The number of pyridine rings is 1. The number of halogens is 1. The Balaban J connectivity index is 1.60. The molecule has 0 aliphatic heterocycles. The van der Waals surface area contributed by atoms with Crippen LogP contribution in [0.15, 0.2) is 59.1 Å². The first-order chi connectivity index (χ1) is 12.2. The molecule has 0 atom stereocenters. The summed E-state index contributed by atoms with van der Waals surface area (Å²) in [5.41, 5.74) is 2.74. The Morgan fingerprint density at radius 1 is 1.04 bits per heavy atom. The summed E-state index contributed by atoms with van der Waals surface area (Å²) in [7, 11) is 0. The van der Waals surface area contributed by atoms with Gasteiger partial charge in [-0.05, 0) is 65.9 Å². The van der Waals surface area contributed by atoms with Gasteiger partial charge in [-0.2, -0.15) is 4.98 Å². The lowest BCUT2D eigenvalue weighted by Gasteiger charge is -2.04. The molecule has 0 N–H and O–H groups in total. The van der Waals surface area contributed by atoms with Gasteiger partial charge in [0.25, 0.3) is 5.89 Å². The molecule has 0 fully saturated rings. The van der Waals surface area contributed by atoms with Gasteiger partial charge in [-0.1, -0.05) is 23.4 Å². The molecule has 2 heterocycles. The monoisotopic (exact) mass is 443 g/mol. The molecule has 0 bridgehead atoms. The highest BCUT2D eigenvalue weighted by atomic mass is 127. The van der Waals surface area contributed by atoms with Gasteiger partial charge in [-0.3, -0.25) is 4.98 Å². The first-order valence-electron chi connectivity index (χ1n) is 7.77. The van der Waals surface area contributed by atoms with Crippen LogP contribution in [0.4, 0.5) is 0 Å². The average Bonchev–Trinajstić information content (AvgIpc) is 3.09. The van der Waals surface area contributed by atoms with Crippen LogP contribution < -0.4 is 4.74 Å². The van der Waals surface area contributed by atoms with E-state index in [2.05, 4.69) is 37.7 Å². The molecule has 0 saturated heterocycles. The molecule has 2 aromatic carbocycles. The van der Waals surface area contributed by atoms with Crippen LogP contribution in [0, 0.1) is 10.5 Å². The van der Waals surface area contributed by atoms with Crippen LogP contribution in [-0.2, 0) is 6.61 Å². The fourth-order valence-electron chi connectivity index (χ4n) is 2.59. The van der Waals surface area contributed by atoms with Crippen LogP contribution in [0.5, 0.6) is 5.75 Å². The quantitative estimate of drug-likeness (QED) is 0.425. The van der Waals surface area contributed by atoms with Crippen LogP contribution in [-0.4, -0.2) is 15.1 Å². The van der Waals surface area contributed by atoms with E-state index < -0.39 is 0 Å². The molecule has 0 unspecified atom stereocenters. The summed E-state index contributed by atoms with van der Waals surface area (Å²) in [5.74, 6) is 1.75. The summed E-state index contributed by atoms with van der Waals surface area (Å²) in [5, 5.41) is 5.11. The molecule has 0 saturated carbocycles. The number of ether oxygens (including phenoxy) is 1. The second-order valence-electron chi connectivity index (χ2n) is 5.58. The van der Waals surface area contributed by atoms with Crippen molar-refractivity contribution in [3.63, 3.8) is 0 Å². The first-order valence-corrected chi connectivity index (χ1v) is 8.84. The maximum Gasteiger partial charge on any atom is 0.264 e. The zero-order valence-corrected chi connectivity index (χ0v) is 15.6. The summed E-state index contributed by atoms with van der Waals surface area (Å²) >= 11 is 2.25. The third-order valence-electron chi connectivity index (χ3n) is 3.73. The third-order valence-corrected chi connectivity index (χ3v) is 4.45. The largest absolute Gasteiger partial charge is 0.484 e. The molecule has 4 aromatic rings. The van der Waals surface area contributed by atoms with Gasteiger partial charge in [-0.25, -0.2) is 0 Å². The van der Waals surface area contributed by atoms with Gasteiger partial charge >= 0.3 is 0 Å². The summed E-state index contributed by atoms with van der Waals surface area (Å²) in [6, 6.07) is 17.7. The first kappa shape index (κ1) is 16.0. The molecule has 0 aliphatic carbocycles. The number of benzene rings is 2. The molecule has 0 amide bonds. The van der Waals surface area contributed by atoms with Crippen molar-refractivity contribution >= 4 is 33.5 Å². The lowest BCUT2D eigenvalue weighted by atomic mass is 10.1. The summed E-state index contributed by atoms with van der Waals surface area (Å²) in [4.78, 5) is 9.01. The van der Waals surface area contributed by atoms with Crippen LogP contribution >= 0.6 is 22.6 Å². The zero-order valence-electron chi connectivity index (χ0n) is 13.4. The molecule has 0 aliphatic rings. The molecule has 124 valence electrons. The van der Waals surface area contributed by atoms with Gasteiger partial charge in [-0.15, -0.1) is 0 Å². The third kappa shape index (κ3) is 3.48. The number of para-hydroxylation sites is 1. The zero-order chi connectivity index (χ0) is 17.2. The van der Waals surface area contributed by atoms with Crippen molar-refractivity contribution in [2.24, 2.45) is 0 Å². The summed E-state index contributed by atoms with van der Waals surface area (Å²) in [6.07, 6.45) is 0. The minimum absolute atomic E-state index is 0.232. The fourth-order valence-corrected chi connectivity index (χ4v) is 2.95. The number of nitrogens with zero attached hydrogens (tertiary/aromatic N) is 3. The Labute approximate surface area is 158 Å². The number of hydrogen-bond donors (Lipinski definition) is 0. The van der Waals surface area contributed by atoms with Gasteiger partial charge in [0.05, 0.1) is 5.52 Å². The standard InChI is InChI=1S/C19H14IN3O2/c1-12-10-16(15-4-2-3-5-17(15)21-12)19-22-18(25-23-19)11-24-14-8-6-13(20)7-9-14/h2-10H,11H2,1H3. The molecule has 6 heteroatoms. The van der Waals surface area contributed by atoms with Crippen LogP contribution in [0.1, 0.15) is 11.6 Å². The molecule has 2 aromatic heterocycles. The maximum atomic E-state index is 5.70. The maximum absolute atomic E-state index is 5.70. The van der Waals surface area contributed by atoms with E-state index in [9.17, 15) is 0 Å². The Kier molecular flexibility index (Phi) is 4.35. The molecule has 25 heavy (non-hydrogen) atoms. The van der Waals surface area contributed by atoms with E-state index in [1.54, 1.807) is 0 Å². The van der Waals surface area contributed by atoms with E-state index in [1.165, 1.54) is 0 Å². The number of fused-ring (bicyclic) bond motifs is 1. The van der Waals surface area contributed by atoms with Crippen molar-refractivity contribution in [3.8, 4) is 17.1 Å². The van der Waals surface area contributed by atoms with E-state index >= 15 is 0 Å². The SMILES string of the molecule is Cc1cc(-c2noc(COc3ccc(I)cc3)n2)c2ccccc2n1. The summed E-state index contributed by atoms with van der Waals surface area (Å²) in [6.45, 7) is 2.19. The van der Waals surface area contributed by atoms with E-state index in [0.717, 1.165) is 31.5 Å². The summed E-state index contributed by atoms with van der Waals surface area (Å²) < 4.78 is 12.2. The number of rotatable bonds is 4. The second kappa shape index (κ2) is 6.79. The second-order valence-corrected chi connectivity index (χ2v) is 6.83. The normalized spacial score (nSPS) is 11.0. The minimum Gasteiger partial charge on any atom is -0.484 e. The molecular formula is C19H14IN3O2. The van der Waals surface area contributed by atoms with E-state index in [0.29, 0.717) is 11.7 Å². The highest BCUT2D eigenvalue weighted by Gasteiger charge is 2.13. The van der Waals surface area contributed by atoms with Crippen molar-refractivity contribution in [3.05, 3.63) is 69.8 Å². The van der Waals surface area contributed by atoms with Crippen molar-refractivity contribution in [2.45, 2.75) is 13.5 Å². The number of aromatic nitrogens is 3. The van der Waals surface area contributed by atoms with Gasteiger partial charge in [0.1, 0.15) is 5.75 Å². The lowest BCUT2D eigenvalue weighted by Crippen LogP contribution is -1.96. The molecule has 0 radical (unpaired) electrons. The molecular weight excluding hydrogens is 429 g/mol. The van der Waals surface area contributed by atoms with Gasteiger partial charge in [0.15, 0.2) is 6.61 Å². The average molecular weight is 443 g/mol. The highest BCUT2D eigenvalue weighted by Crippen LogP contribution is 2.26. The smallest absolute Gasteiger partial charge is 0.264 e. The van der Waals surface area contributed by atoms with Crippen LogP contribution in [0.25, 0.3) is 22.3 Å². The van der Waals surface area contributed by atoms with Gasteiger partial charge < -0.3 is 9.26 Å². The Hall–Kier alpha value is -2.48. The van der Waals surface area contributed by atoms with Crippen LogP contribution in [0.2, 0.25) is 0 Å². The Morgan fingerprint density at radius 2 is 1.84 bits per heavy atom. The highest BCUT2D eigenvalue weighted by molar-refractivity contribution is 14.1. The Morgan fingerprint density at radius 3 is 2.68 bits per heavy atom. The van der Waals surface area contributed by atoms with Crippen molar-refractivity contribution < 1.29 is 9.26 Å². The van der Waals surface area contributed by atoms with Gasteiger partial charge in [0.2, 0.25) is 5.82 Å². The number of aryl methyl sites for hydroxylation is 1. The molecule has 4 rings (SSSR count). The molecule has 5 nitrogen and oxygen atoms in total. The van der Waals surface area contributed by atoms with Crippen molar-refractivity contribution in [2.75, 3.05) is 0 Å². The number of hydrogen-bond acceptors (Lipinski definition) is 5. The topological polar surface area (TPSA) is 61.0 Å². The van der Waals surface area contributed by atoms with E-state index in [-0.39, 0.29) is 6.61 Å². The predicted octanol–water partition coefficient (Wildman–Crippen LogP) is 4.78. The van der Waals surface area contributed by atoms with Crippen molar-refractivity contribution in [1.82, 2.24) is 15.1 Å². The van der Waals surface area contributed by atoms with E-state index in [4.69, 9.17) is 9.26 Å². The predicted molar refractivity (Wildman–Crippen MR) is 103 cm³/mol. The fraction of sp³-hybridized carbons (Fsp3) is 0.105. The minimum atomic E-state index is 0.232. The van der Waals surface area contributed by atoms with Crippen LogP contribution in [0.3, 0.4) is 0 Å². The Bertz CT molecular complexity index is 1030. The van der Waals surface area contributed by atoms with Crippen molar-refractivity contribution in [1.29, 1.82) is 0 Å².